The van der Waals surface area contributed by atoms with Crippen LogP contribution in [0.1, 0.15) is 39.5 Å². The second-order valence-electron chi connectivity index (χ2n) is 5.25. The highest BCUT2D eigenvalue weighted by molar-refractivity contribution is 5.82. The van der Waals surface area contributed by atoms with E-state index in [2.05, 4.69) is 5.32 Å². The molecule has 5 nitrogen and oxygen atoms in total. The van der Waals surface area contributed by atoms with Gasteiger partial charge in [-0.3, -0.25) is 9.59 Å². The quantitative estimate of drug-likeness (QED) is 0.750. The Labute approximate surface area is 109 Å². The summed E-state index contributed by atoms with van der Waals surface area (Å²) in [5.74, 6) is 0.0763. The van der Waals surface area contributed by atoms with Crippen LogP contribution >= 0.6 is 0 Å². The smallest absolute Gasteiger partial charge is 0.237 e. The summed E-state index contributed by atoms with van der Waals surface area (Å²) in [5, 5.41) is 2.72. The minimum Gasteiger partial charge on any atom is -0.354 e. The number of hydrogen-bond donors (Lipinski definition) is 2. The Kier molecular flexibility index (Phi) is 6.12. The van der Waals surface area contributed by atoms with E-state index >= 15 is 0 Å². The maximum Gasteiger partial charge on any atom is 0.237 e. The minimum atomic E-state index is -0.491. The predicted octanol–water partition coefficient (Wildman–Crippen LogP) is 0.489. The Balaban J connectivity index is 2.20. The molecule has 1 aliphatic rings. The Hall–Kier alpha value is -1.10. The monoisotopic (exact) mass is 255 g/mol. The number of carbonyl (C=O) groups excluding carboxylic acids is 2. The van der Waals surface area contributed by atoms with Crippen molar-refractivity contribution in [2.45, 2.75) is 45.6 Å². The van der Waals surface area contributed by atoms with E-state index in [-0.39, 0.29) is 17.7 Å². The summed E-state index contributed by atoms with van der Waals surface area (Å²) >= 11 is 0. The predicted molar refractivity (Wildman–Crippen MR) is 70.9 cm³/mol. The fourth-order valence-corrected chi connectivity index (χ4v) is 2.01. The lowest BCUT2D eigenvalue weighted by molar-refractivity contribution is -0.132. The minimum absolute atomic E-state index is 0.114. The molecule has 0 aromatic carbocycles. The van der Waals surface area contributed by atoms with Crippen molar-refractivity contribution in [2.75, 3.05) is 19.6 Å². The first kappa shape index (κ1) is 15.0. The SMILES string of the molecule is CC(C)C(N)C(=O)NCCC(=O)N1CCCCC1. The second kappa shape index (κ2) is 7.36. The van der Waals surface area contributed by atoms with Gasteiger partial charge in [-0.1, -0.05) is 13.8 Å². The molecule has 1 saturated heterocycles. The Bertz CT molecular complexity index is 286. The van der Waals surface area contributed by atoms with Crippen molar-refractivity contribution in [2.24, 2.45) is 11.7 Å². The van der Waals surface area contributed by atoms with Crippen molar-refractivity contribution in [1.82, 2.24) is 10.2 Å². The summed E-state index contributed by atoms with van der Waals surface area (Å²) in [5.41, 5.74) is 5.71. The number of nitrogens with two attached hydrogens (primary N) is 1. The summed E-state index contributed by atoms with van der Waals surface area (Å²) in [6.45, 7) is 5.91. The van der Waals surface area contributed by atoms with Crippen LogP contribution in [0.2, 0.25) is 0 Å². The summed E-state index contributed by atoms with van der Waals surface area (Å²) in [6.07, 6.45) is 3.77. The molecular formula is C13H25N3O2. The van der Waals surface area contributed by atoms with Gasteiger partial charge in [0.15, 0.2) is 0 Å². The number of amides is 2. The van der Waals surface area contributed by atoms with Gasteiger partial charge in [-0.25, -0.2) is 0 Å². The van der Waals surface area contributed by atoms with E-state index in [1.165, 1.54) is 6.42 Å². The van der Waals surface area contributed by atoms with Crippen molar-refractivity contribution >= 4 is 11.8 Å². The van der Waals surface area contributed by atoms with E-state index in [9.17, 15) is 9.59 Å². The number of piperidine rings is 1. The zero-order valence-electron chi connectivity index (χ0n) is 11.4. The summed E-state index contributed by atoms with van der Waals surface area (Å²) in [7, 11) is 0. The molecule has 1 unspecified atom stereocenters. The first-order chi connectivity index (χ1) is 8.52. The van der Waals surface area contributed by atoms with Crippen molar-refractivity contribution in [3.63, 3.8) is 0 Å². The van der Waals surface area contributed by atoms with Gasteiger partial charge in [-0.2, -0.15) is 0 Å². The Morgan fingerprint density at radius 3 is 2.39 bits per heavy atom. The van der Waals surface area contributed by atoms with Gasteiger partial charge in [0.1, 0.15) is 0 Å². The number of carbonyl (C=O) groups is 2. The molecule has 0 bridgehead atoms. The molecule has 0 aromatic rings. The molecule has 5 heteroatoms. The third-order valence-corrected chi connectivity index (χ3v) is 3.37. The van der Waals surface area contributed by atoms with E-state index in [1.54, 1.807) is 0 Å². The molecule has 1 heterocycles. The van der Waals surface area contributed by atoms with Gasteiger partial charge in [0.05, 0.1) is 6.04 Å². The van der Waals surface area contributed by atoms with Crippen LogP contribution in [0.15, 0.2) is 0 Å². The molecule has 1 atom stereocenters. The molecule has 18 heavy (non-hydrogen) atoms. The molecule has 1 aliphatic heterocycles. The van der Waals surface area contributed by atoms with Crippen LogP contribution < -0.4 is 11.1 Å². The Morgan fingerprint density at radius 1 is 1.22 bits per heavy atom. The van der Waals surface area contributed by atoms with Crippen LogP contribution in [-0.2, 0) is 9.59 Å². The highest BCUT2D eigenvalue weighted by Gasteiger charge is 2.19. The van der Waals surface area contributed by atoms with Crippen LogP contribution in [0.25, 0.3) is 0 Å². The van der Waals surface area contributed by atoms with Gasteiger partial charge in [0.25, 0.3) is 0 Å². The molecule has 0 spiro atoms. The maximum absolute atomic E-state index is 11.8. The van der Waals surface area contributed by atoms with Gasteiger partial charge in [-0.05, 0) is 25.2 Å². The van der Waals surface area contributed by atoms with Crippen LogP contribution in [0.5, 0.6) is 0 Å². The van der Waals surface area contributed by atoms with Crippen molar-refractivity contribution < 1.29 is 9.59 Å². The standard InChI is InChI=1S/C13H25N3O2/c1-10(2)12(14)13(18)15-7-6-11(17)16-8-4-3-5-9-16/h10,12H,3-9,14H2,1-2H3,(H,15,18). The van der Waals surface area contributed by atoms with Gasteiger partial charge >= 0.3 is 0 Å². The first-order valence-corrected chi connectivity index (χ1v) is 6.83. The van der Waals surface area contributed by atoms with Crippen LogP contribution in [-0.4, -0.2) is 42.4 Å². The molecule has 3 N–H and O–H groups in total. The summed E-state index contributed by atoms with van der Waals surface area (Å²) < 4.78 is 0. The van der Waals surface area contributed by atoms with E-state index in [1.807, 2.05) is 18.7 Å². The van der Waals surface area contributed by atoms with Crippen molar-refractivity contribution in [1.29, 1.82) is 0 Å². The third kappa shape index (κ3) is 4.64. The fraction of sp³-hybridized carbons (Fsp3) is 0.846. The molecule has 0 radical (unpaired) electrons. The molecule has 104 valence electrons. The highest BCUT2D eigenvalue weighted by Crippen LogP contribution is 2.09. The molecule has 2 amide bonds. The first-order valence-electron chi connectivity index (χ1n) is 6.83. The second-order valence-corrected chi connectivity index (χ2v) is 5.25. The van der Waals surface area contributed by atoms with Gasteiger partial charge in [0.2, 0.25) is 11.8 Å². The number of hydrogen-bond acceptors (Lipinski definition) is 3. The summed E-state index contributed by atoms with van der Waals surface area (Å²) in [6, 6.07) is -0.491. The van der Waals surface area contributed by atoms with E-state index < -0.39 is 6.04 Å². The lowest BCUT2D eigenvalue weighted by Crippen LogP contribution is -2.45. The largest absolute Gasteiger partial charge is 0.354 e. The van der Waals surface area contributed by atoms with E-state index in [0.29, 0.717) is 13.0 Å². The van der Waals surface area contributed by atoms with E-state index in [4.69, 9.17) is 5.73 Å². The van der Waals surface area contributed by atoms with Crippen LogP contribution in [0, 0.1) is 5.92 Å². The number of likely N-dealkylation sites (tertiary alicyclic amines) is 1. The molecule has 1 fully saturated rings. The highest BCUT2D eigenvalue weighted by atomic mass is 16.2. The molecule has 0 saturated carbocycles. The van der Waals surface area contributed by atoms with Gasteiger partial charge in [0, 0.05) is 26.1 Å². The summed E-state index contributed by atoms with van der Waals surface area (Å²) in [4.78, 5) is 25.3. The van der Waals surface area contributed by atoms with Gasteiger partial charge < -0.3 is 16.0 Å². The zero-order chi connectivity index (χ0) is 13.5. The molecule has 0 aliphatic carbocycles. The lowest BCUT2D eigenvalue weighted by Gasteiger charge is -2.26. The number of rotatable bonds is 5. The number of nitrogens with one attached hydrogen (secondary N) is 1. The zero-order valence-corrected chi connectivity index (χ0v) is 11.4. The lowest BCUT2D eigenvalue weighted by atomic mass is 10.1. The topological polar surface area (TPSA) is 75.4 Å². The normalized spacial score (nSPS) is 17.7. The van der Waals surface area contributed by atoms with E-state index in [0.717, 1.165) is 25.9 Å². The van der Waals surface area contributed by atoms with Crippen molar-refractivity contribution in [3.8, 4) is 0 Å². The van der Waals surface area contributed by atoms with Crippen LogP contribution in [0.3, 0.4) is 0 Å². The molecular weight excluding hydrogens is 230 g/mol. The average Bonchev–Trinajstić information content (AvgIpc) is 2.38. The maximum atomic E-state index is 11.8. The van der Waals surface area contributed by atoms with Gasteiger partial charge in [-0.15, -0.1) is 0 Å². The Morgan fingerprint density at radius 2 is 1.83 bits per heavy atom. The average molecular weight is 255 g/mol. The molecule has 0 aromatic heterocycles. The van der Waals surface area contributed by atoms with Crippen molar-refractivity contribution in [3.05, 3.63) is 0 Å². The van der Waals surface area contributed by atoms with Crippen LogP contribution in [0.4, 0.5) is 0 Å². The fourth-order valence-electron chi connectivity index (χ4n) is 2.01. The third-order valence-electron chi connectivity index (χ3n) is 3.37. The molecule has 1 rings (SSSR count). The number of nitrogens with zero attached hydrogens (tertiary/aromatic N) is 1.